The van der Waals surface area contributed by atoms with E-state index in [0.717, 1.165) is 32.1 Å². The van der Waals surface area contributed by atoms with Gasteiger partial charge in [-0.05, 0) is 32.1 Å². The van der Waals surface area contributed by atoms with Gasteiger partial charge in [-0.25, -0.2) is 4.79 Å². The van der Waals surface area contributed by atoms with Gasteiger partial charge in [-0.3, -0.25) is 0 Å². The SMILES string of the molecule is NC1CCN(C(=O)O)C2(CCC2)C1. The summed E-state index contributed by atoms with van der Waals surface area (Å²) >= 11 is 0. The summed E-state index contributed by atoms with van der Waals surface area (Å²) in [6.45, 7) is 0.622. The van der Waals surface area contributed by atoms with Gasteiger partial charge in [-0.15, -0.1) is 0 Å². The lowest BCUT2D eigenvalue weighted by molar-refractivity contribution is -0.0101. The van der Waals surface area contributed by atoms with Crippen molar-refractivity contribution < 1.29 is 9.90 Å². The fourth-order valence-corrected chi connectivity index (χ4v) is 2.59. The van der Waals surface area contributed by atoms with Gasteiger partial charge in [0, 0.05) is 18.1 Å². The van der Waals surface area contributed by atoms with Gasteiger partial charge < -0.3 is 15.7 Å². The van der Waals surface area contributed by atoms with Crippen LogP contribution in [0.1, 0.15) is 32.1 Å². The number of nitrogens with two attached hydrogens (primary N) is 1. The Labute approximate surface area is 77.7 Å². The third-order valence-corrected chi connectivity index (χ3v) is 3.45. The predicted octanol–water partition coefficient (Wildman–Crippen LogP) is 1.01. The number of hydrogen-bond donors (Lipinski definition) is 2. The van der Waals surface area contributed by atoms with Gasteiger partial charge in [0.25, 0.3) is 0 Å². The monoisotopic (exact) mass is 184 g/mol. The molecule has 2 rings (SSSR count). The Balaban J connectivity index is 2.13. The zero-order valence-corrected chi connectivity index (χ0v) is 7.70. The Hall–Kier alpha value is -0.770. The van der Waals surface area contributed by atoms with Gasteiger partial charge in [0.15, 0.2) is 0 Å². The molecule has 2 aliphatic rings. The summed E-state index contributed by atoms with van der Waals surface area (Å²) in [5.74, 6) is 0. The zero-order chi connectivity index (χ0) is 9.47. The lowest BCUT2D eigenvalue weighted by atomic mass is 9.69. The van der Waals surface area contributed by atoms with Crippen molar-refractivity contribution in [1.82, 2.24) is 4.90 Å². The highest BCUT2D eigenvalue weighted by atomic mass is 16.4. The second-order valence-electron chi connectivity index (χ2n) is 4.26. The number of likely N-dealkylation sites (tertiary alicyclic amines) is 1. The van der Waals surface area contributed by atoms with Crippen LogP contribution in [0, 0.1) is 0 Å². The summed E-state index contributed by atoms with van der Waals surface area (Å²) in [4.78, 5) is 12.6. The van der Waals surface area contributed by atoms with Crippen molar-refractivity contribution >= 4 is 6.09 Å². The summed E-state index contributed by atoms with van der Waals surface area (Å²) in [5, 5.41) is 9.01. The van der Waals surface area contributed by atoms with Crippen molar-refractivity contribution in [3.8, 4) is 0 Å². The Morgan fingerprint density at radius 1 is 1.54 bits per heavy atom. The first-order valence-electron chi connectivity index (χ1n) is 4.90. The lowest BCUT2D eigenvalue weighted by Crippen LogP contribution is -2.62. The Morgan fingerprint density at radius 2 is 2.23 bits per heavy atom. The second-order valence-corrected chi connectivity index (χ2v) is 4.26. The minimum Gasteiger partial charge on any atom is -0.465 e. The normalized spacial score (nSPS) is 31.5. The van der Waals surface area contributed by atoms with E-state index in [4.69, 9.17) is 10.8 Å². The molecule has 1 aliphatic heterocycles. The van der Waals surface area contributed by atoms with Crippen LogP contribution in [-0.4, -0.2) is 34.2 Å². The standard InChI is InChI=1S/C9H16N2O2/c10-7-2-5-11(8(12)13)9(6-7)3-1-4-9/h7H,1-6,10H2,(H,12,13). The van der Waals surface area contributed by atoms with Crippen LogP contribution in [0.4, 0.5) is 4.79 Å². The maximum atomic E-state index is 11.0. The fraction of sp³-hybridized carbons (Fsp3) is 0.889. The first-order valence-corrected chi connectivity index (χ1v) is 4.90. The average molecular weight is 184 g/mol. The number of amides is 1. The topological polar surface area (TPSA) is 66.6 Å². The highest BCUT2D eigenvalue weighted by Gasteiger charge is 2.48. The van der Waals surface area contributed by atoms with Crippen LogP contribution < -0.4 is 5.73 Å². The molecule has 1 saturated carbocycles. The quantitative estimate of drug-likeness (QED) is 0.590. The van der Waals surface area contributed by atoms with Crippen LogP contribution in [0.3, 0.4) is 0 Å². The lowest BCUT2D eigenvalue weighted by Gasteiger charge is -2.53. The molecule has 0 bridgehead atoms. The third-order valence-electron chi connectivity index (χ3n) is 3.45. The number of piperidine rings is 1. The van der Waals surface area contributed by atoms with Crippen molar-refractivity contribution in [2.24, 2.45) is 5.73 Å². The molecule has 1 saturated heterocycles. The van der Waals surface area contributed by atoms with Gasteiger partial charge in [-0.2, -0.15) is 0 Å². The summed E-state index contributed by atoms with van der Waals surface area (Å²) in [5.41, 5.74) is 5.78. The van der Waals surface area contributed by atoms with Gasteiger partial charge in [0.1, 0.15) is 0 Å². The van der Waals surface area contributed by atoms with Crippen molar-refractivity contribution in [3.05, 3.63) is 0 Å². The molecule has 0 radical (unpaired) electrons. The molecule has 1 amide bonds. The number of carbonyl (C=O) groups is 1. The summed E-state index contributed by atoms with van der Waals surface area (Å²) in [6.07, 6.45) is 4.07. The largest absolute Gasteiger partial charge is 0.465 e. The van der Waals surface area contributed by atoms with Crippen LogP contribution in [0.25, 0.3) is 0 Å². The molecule has 1 spiro atoms. The van der Waals surface area contributed by atoms with Crippen molar-refractivity contribution in [3.63, 3.8) is 0 Å². The molecular weight excluding hydrogens is 168 g/mol. The van der Waals surface area contributed by atoms with Crippen LogP contribution in [0.5, 0.6) is 0 Å². The maximum absolute atomic E-state index is 11.0. The van der Waals surface area contributed by atoms with Gasteiger partial charge in [0.05, 0.1) is 0 Å². The van der Waals surface area contributed by atoms with E-state index in [1.54, 1.807) is 4.90 Å². The summed E-state index contributed by atoms with van der Waals surface area (Å²) in [7, 11) is 0. The van der Waals surface area contributed by atoms with Crippen LogP contribution in [0.2, 0.25) is 0 Å². The molecule has 1 atom stereocenters. The highest BCUT2D eigenvalue weighted by Crippen LogP contribution is 2.43. The molecule has 4 nitrogen and oxygen atoms in total. The molecule has 0 aromatic rings. The van der Waals surface area contributed by atoms with Crippen molar-refractivity contribution in [1.29, 1.82) is 0 Å². The van der Waals surface area contributed by atoms with Crippen LogP contribution in [0.15, 0.2) is 0 Å². The van der Waals surface area contributed by atoms with E-state index < -0.39 is 6.09 Å². The zero-order valence-electron chi connectivity index (χ0n) is 7.70. The summed E-state index contributed by atoms with van der Waals surface area (Å²) < 4.78 is 0. The van der Waals surface area contributed by atoms with E-state index in [1.807, 2.05) is 0 Å². The molecule has 13 heavy (non-hydrogen) atoms. The summed E-state index contributed by atoms with van der Waals surface area (Å²) in [6, 6.07) is 0.205. The Kier molecular flexibility index (Phi) is 1.95. The van der Waals surface area contributed by atoms with Crippen molar-refractivity contribution in [2.45, 2.75) is 43.7 Å². The molecule has 0 aromatic carbocycles. The highest BCUT2D eigenvalue weighted by molar-refractivity contribution is 5.66. The molecule has 2 fully saturated rings. The molecule has 1 unspecified atom stereocenters. The molecule has 3 N–H and O–H groups in total. The Bertz CT molecular complexity index is 226. The second kappa shape index (κ2) is 2.87. The maximum Gasteiger partial charge on any atom is 0.407 e. The van der Waals surface area contributed by atoms with Crippen LogP contribution >= 0.6 is 0 Å². The van der Waals surface area contributed by atoms with E-state index >= 15 is 0 Å². The predicted molar refractivity (Wildman–Crippen MR) is 48.5 cm³/mol. The molecular formula is C9H16N2O2. The molecule has 74 valence electrons. The minimum absolute atomic E-state index is 0.0799. The number of carboxylic acid groups (broad SMARTS) is 1. The molecule has 0 aromatic heterocycles. The minimum atomic E-state index is -0.772. The first-order chi connectivity index (χ1) is 6.14. The van der Waals surface area contributed by atoms with Gasteiger partial charge in [-0.1, -0.05) is 0 Å². The average Bonchev–Trinajstić information content (AvgIpc) is 2.00. The number of nitrogens with zero attached hydrogens (tertiary/aromatic N) is 1. The third kappa shape index (κ3) is 1.29. The Morgan fingerprint density at radius 3 is 2.69 bits per heavy atom. The fourth-order valence-electron chi connectivity index (χ4n) is 2.59. The van der Waals surface area contributed by atoms with E-state index in [9.17, 15) is 4.79 Å². The van der Waals surface area contributed by atoms with Gasteiger partial charge in [0.2, 0.25) is 0 Å². The number of hydrogen-bond acceptors (Lipinski definition) is 2. The molecule has 4 heteroatoms. The number of rotatable bonds is 0. The molecule has 1 heterocycles. The van der Waals surface area contributed by atoms with E-state index in [1.165, 1.54) is 0 Å². The van der Waals surface area contributed by atoms with Crippen molar-refractivity contribution in [2.75, 3.05) is 6.54 Å². The van der Waals surface area contributed by atoms with Gasteiger partial charge >= 0.3 is 6.09 Å². The smallest absolute Gasteiger partial charge is 0.407 e. The van der Waals surface area contributed by atoms with Crippen LogP contribution in [-0.2, 0) is 0 Å². The first kappa shape index (κ1) is 8.81. The molecule has 1 aliphatic carbocycles. The van der Waals surface area contributed by atoms with E-state index in [0.29, 0.717) is 6.54 Å². The van der Waals surface area contributed by atoms with E-state index in [-0.39, 0.29) is 11.6 Å². The van der Waals surface area contributed by atoms with E-state index in [2.05, 4.69) is 0 Å².